The number of rotatable bonds is 6. The lowest BCUT2D eigenvalue weighted by Crippen LogP contribution is -2.80. The highest BCUT2D eigenvalue weighted by Crippen LogP contribution is 2.51. The maximum atomic E-state index is 14.6. The van der Waals surface area contributed by atoms with Crippen molar-refractivity contribution in [3.8, 4) is 5.75 Å². The number of methoxy groups -OCH3 is 1. The van der Waals surface area contributed by atoms with Gasteiger partial charge in [0.1, 0.15) is 23.3 Å². The maximum Gasteiger partial charge on any atom is 0.367 e. The number of nitrogens with zero attached hydrogens (tertiary/aromatic N) is 1. The number of carboxylic acids is 1. The average molecular weight is 524 g/mol. The molecule has 0 saturated carbocycles. The van der Waals surface area contributed by atoms with Crippen LogP contribution in [0.4, 0.5) is 5.69 Å². The van der Waals surface area contributed by atoms with E-state index in [0.29, 0.717) is 23.5 Å². The van der Waals surface area contributed by atoms with Gasteiger partial charge in [-0.25, -0.2) is 14.1 Å². The van der Waals surface area contributed by atoms with E-state index in [1.807, 2.05) is 70.2 Å². The highest BCUT2D eigenvalue weighted by molar-refractivity contribution is 6.02. The zero-order valence-corrected chi connectivity index (χ0v) is 23.2. The van der Waals surface area contributed by atoms with Gasteiger partial charge >= 0.3 is 11.9 Å². The summed E-state index contributed by atoms with van der Waals surface area (Å²) in [5.74, 6) is -2.04. The molecule has 2 aromatic rings. The van der Waals surface area contributed by atoms with Crippen molar-refractivity contribution in [2.45, 2.75) is 52.7 Å². The number of aliphatic carboxylic acids is 1. The van der Waals surface area contributed by atoms with Gasteiger partial charge in [0.25, 0.3) is 0 Å². The molecule has 2 aromatic carbocycles. The van der Waals surface area contributed by atoms with Crippen LogP contribution in [0.2, 0.25) is 0 Å². The maximum absolute atomic E-state index is 14.6. The van der Waals surface area contributed by atoms with Crippen molar-refractivity contribution in [1.82, 2.24) is 9.80 Å². The number of carbonyl (C=O) groups is 3. The topological polar surface area (TPSA) is 102 Å². The molecule has 2 aliphatic rings. The van der Waals surface area contributed by atoms with Crippen LogP contribution in [0.15, 0.2) is 42.5 Å². The van der Waals surface area contributed by atoms with Gasteiger partial charge in [-0.1, -0.05) is 50.6 Å². The van der Waals surface area contributed by atoms with Gasteiger partial charge in [-0.3, -0.25) is 4.79 Å². The summed E-state index contributed by atoms with van der Waals surface area (Å²) in [5.41, 5.74) is 0.823. The van der Waals surface area contributed by atoms with Gasteiger partial charge < -0.3 is 19.9 Å². The van der Waals surface area contributed by atoms with Crippen LogP contribution in [0.5, 0.6) is 5.75 Å². The number of para-hydroxylation sites is 1. The molecule has 8 nitrogen and oxygen atoms in total. The van der Waals surface area contributed by atoms with E-state index < -0.39 is 33.4 Å². The SMILES string of the molecule is COc1ccccc1C1OCC(=O)[N@@+](CC(C)(C)C)([C@@]2(C(=O)O)CCNC[C@@H]2C(C)=O)c2ccc(C)cc21. The molecule has 0 radical (unpaired) electrons. The zero-order chi connectivity index (χ0) is 27.9. The summed E-state index contributed by atoms with van der Waals surface area (Å²) in [6.07, 6.45) is -0.533. The standard InChI is InChI=1S/C30H38N2O6/c1-19-11-12-24-22(15-19)27(21-9-7-8-10-25(21)37-6)38-17-26(34)32(24,18-29(3,4)5)30(28(35)36)13-14-31-16-23(30)20(2)33/h7-12,15,23,27,31H,13-14,16-18H2,1-6H3/p+1/t23-,27?,30+,32+/m1/s1. The van der Waals surface area contributed by atoms with Crippen LogP contribution < -0.4 is 14.5 Å². The monoisotopic (exact) mass is 523 g/mol. The normalized spacial score (nSPS) is 27.8. The van der Waals surface area contributed by atoms with Gasteiger partial charge in [0, 0.05) is 42.1 Å². The fraction of sp³-hybridized carbons (Fsp3) is 0.500. The molecule has 1 saturated heterocycles. The van der Waals surface area contributed by atoms with Gasteiger partial charge in [-0.15, -0.1) is 0 Å². The highest BCUT2D eigenvalue weighted by Gasteiger charge is 2.70. The molecular formula is C30H39N2O6+. The number of nitrogens with one attached hydrogen (secondary N) is 1. The number of piperidine rings is 1. The van der Waals surface area contributed by atoms with Crippen molar-refractivity contribution in [1.29, 1.82) is 0 Å². The number of aryl methyl sites for hydroxylation is 1. The minimum absolute atomic E-state index is 0.126. The lowest BCUT2D eigenvalue weighted by Gasteiger charge is -2.54. The summed E-state index contributed by atoms with van der Waals surface area (Å²) >= 11 is 0. The van der Waals surface area contributed by atoms with Crippen LogP contribution in [0.25, 0.3) is 0 Å². The Hall–Kier alpha value is -3.07. The molecule has 1 fully saturated rings. The van der Waals surface area contributed by atoms with Crippen molar-refractivity contribution in [3.63, 3.8) is 0 Å². The van der Waals surface area contributed by atoms with Crippen LogP contribution in [-0.2, 0) is 19.1 Å². The predicted octanol–water partition coefficient (Wildman–Crippen LogP) is 4.03. The molecule has 0 spiro atoms. The van der Waals surface area contributed by atoms with E-state index in [4.69, 9.17) is 9.47 Å². The Morgan fingerprint density at radius 1 is 1.18 bits per heavy atom. The fourth-order valence-electron chi connectivity index (χ4n) is 6.55. The molecule has 4 atom stereocenters. The molecule has 38 heavy (non-hydrogen) atoms. The van der Waals surface area contributed by atoms with E-state index in [-0.39, 0.29) is 37.8 Å². The summed E-state index contributed by atoms with van der Waals surface area (Å²) < 4.78 is 11.5. The van der Waals surface area contributed by atoms with Gasteiger partial charge in [0.15, 0.2) is 6.61 Å². The van der Waals surface area contributed by atoms with E-state index in [2.05, 4.69) is 5.32 Å². The minimum atomic E-state index is -1.70. The molecule has 1 amide bonds. The first-order valence-electron chi connectivity index (χ1n) is 13.1. The smallest absolute Gasteiger partial charge is 0.367 e. The number of ketones is 1. The Labute approximate surface area is 224 Å². The van der Waals surface area contributed by atoms with Crippen molar-refractivity contribution in [2.75, 3.05) is 33.4 Å². The second-order valence-corrected chi connectivity index (χ2v) is 11.8. The Morgan fingerprint density at radius 2 is 1.89 bits per heavy atom. The Balaban J connectivity index is 2.14. The summed E-state index contributed by atoms with van der Waals surface area (Å²) in [6.45, 7) is 9.84. The first-order valence-corrected chi connectivity index (χ1v) is 13.1. The number of benzene rings is 2. The number of hydrogen-bond acceptors (Lipinski definition) is 6. The minimum Gasteiger partial charge on any atom is -0.496 e. The van der Waals surface area contributed by atoms with Crippen LogP contribution in [-0.4, -0.2) is 61.7 Å². The lowest BCUT2D eigenvalue weighted by atomic mass is 9.70. The number of carboxylic acid groups (broad SMARTS) is 1. The Morgan fingerprint density at radius 3 is 2.53 bits per heavy atom. The lowest BCUT2D eigenvalue weighted by molar-refractivity contribution is -0.170. The van der Waals surface area contributed by atoms with Gasteiger partial charge in [0.2, 0.25) is 5.54 Å². The molecule has 8 heteroatoms. The number of hydrogen-bond donors (Lipinski definition) is 2. The van der Waals surface area contributed by atoms with Crippen molar-refractivity contribution < 1.29 is 29.0 Å². The van der Waals surface area contributed by atoms with Gasteiger partial charge in [-0.2, -0.15) is 0 Å². The molecule has 2 aliphatic heterocycles. The number of ether oxygens (including phenoxy) is 2. The van der Waals surface area contributed by atoms with Crippen LogP contribution in [0.3, 0.4) is 0 Å². The van der Waals surface area contributed by atoms with Gasteiger partial charge in [-0.05, 0) is 26.0 Å². The van der Waals surface area contributed by atoms with Crippen molar-refractivity contribution >= 4 is 23.3 Å². The molecule has 0 aliphatic carbocycles. The summed E-state index contributed by atoms with van der Waals surface area (Å²) in [7, 11) is 1.59. The number of Topliss-reactive ketones (excluding diaryl/α,β-unsaturated/α-hetero) is 1. The number of carbonyl (C=O) groups excluding carboxylic acids is 2. The van der Waals surface area contributed by atoms with Crippen molar-refractivity contribution in [2.24, 2.45) is 11.3 Å². The highest BCUT2D eigenvalue weighted by atomic mass is 16.5. The molecule has 4 rings (SSSR count). The molecule has 0 aromatic heterocycles. The van der Waals surface area contributed by atoms with Crippen LogP contribution in [0.1, 0.15) is 56.9 Å². The van der Waals surface area contributed by atoms with E-state index in [1.165, 1.54) is 6.92 Å². The van der Waals surface area contributed by atoms with Gasteiger partial charge in [0.05, 0.1) is 19.6 Å². The number of amides is 1. The van der Waals surface area contributed by atoms with Crippen molar-refractivity contribution in [3.05, 3.63) is 59.2 Å². The first-order chi connectivity index (χ1) is 17.9. The quantitative estimate of drug-likeness (QED) is 0.552. The fourth-order valence-corrected chi connectivity index (χ4v) is 6.55. The van der Waals surface area contributed by atoms with E-state index in [9.17, 15) is 19.5 Å². The largest absolute Gasteiger partial charge is 0.496 e. The van der Waals surface area contributed by atoms with Crippen LogP contribution in [0, 0.1) is 18.3 Å². The summed E-state index contributed by atoms with van der Waals surface area (Å²) in [6, 6.07) is 13.3. The second kappa shape index (κ2) is 10.2. The third-order valence-electron chi connectivity index (χ3n) is 7.96. The Kier molecular flexibility index (Phi) is 7.54. The van der Waals surface area contributed by atoms with E-state index >= 15 is 0 Å². The van der Waals surface area contributed by atoms with Crippen LogP contribution >= 0.6 is 0 Å². The molecule has 1 unspecified atom stereocenters. The third kappa shape index (κ3) is 4.44. The molecule has 204 valence electrons. The number of quaternary nitrogens is 1. The van der Waals surface area contributed by atoms with E-state index in [1.54, 1.807) is 7.11 Å². The first kappa shape index (κ1) is 28.0. The second-order valence-electron chi connectivity index (χ2n) is 11.8. The number of fused-ring (bicyclic) bond motifs is 1. The average Bonchev–Trinajstić information content (AvgIpc) is 2.97. The zero-order valence-electron chi connectivity index (χ0n) is 23.2. The molecule has 2 N–H and O–H groups in total. The predicted molar refractivity (Wildman–Crippen MR) is 145 cm³/mol. The molecular weight excluding hydrogens is 484 g/mol. The molecule has 0 bridgehead atoms. The van der Waals surface area contributed by atoms with E-state index in [0.717, 1.165) is 11.1 Å². The third-order valence-corrected chi connectivity index (χ3v) is 7.96. The molecule has 2 heterocycles. The summed E-state index contributed by atoms with van der Waals surface area (Å²) in [4.78, 5) is 41.3. The summed E-state index contributed by atoms with van der Waals surface area (Å²) in [5, 5.41) is 14.3. The Bertz CT molecular complexity index is 1250.